The van der Waals surface area contributed by atoms with E-state index >= 15 is 0 Å². The van der Waals surface area contributed by atoms with Gasteiger partial charge in [-0.1, -0.05) is 127 Å². The molecule has 7 aromatic carbocycles. The van der Waals surface area contributed by atoms with Crippen molar-refractivity contribution < 1.29 is 0 Å². The van der Waals surface area contributed by atoms with Crippen molar-refractivity contribution in [1.82, 2.24) is 28.5 Å². The van der Waals surface area contributed by atoms with E-state index in [4.69, 9.17) is 15.0 Å². The Labute approximate surface area is 302 Å². The van der Waals surface area contributed by atoms with Crippen LogP contribution < -0.4 is 0 Å². The van der Waals surface area contributed by atoms with E-state index in [0.29, 0.717) is 5.95 Å². The van der Waals surface area contributed by atoms with Crippen molar-refractivity contribution in [3.05, 3.63) is 170 Å². The first kappa shape index (κ1) is 28.4. The van der Waals surface area contributed by atoms with Crippen LogP contribution in [0.3, 0.4) is 0 Å². The Balaban J connectivity index is 1.29. The number of hydrogen-bond acceptors (Lipinski definition) is 3. The van der Waals surface area contributed by atoms with Gasteiger partial charge in [-0.05, 0) is 42.5 Å². The fourth-order valence-corrected chi connectivity index (χ4v) is 8.61. The van der Waals surface area contributed by atoms with Crippen molar-refractivity contribution >= 4 is 82.1 Å². The number of benzene rings is 7. The smallest absolute Gasteiger partial charge is 0.235 e. The van der Waals surface area contributed by atoms with E-state index in [1.807, 2.05) is 12.1 Å². The lowest BCUT2D eigenvalue weighted by molar-refractivity contribution is 1.02. The topological polar surface area (TPSA) is 52.9 Å². The summed E-state index contributed by atoms with van der Waals surface area (Å²) in [7, 11) is 0. The molecule has 12 rings (SSSR count). The summed E-state index contributed by atoms with van der Waals surface area (Å²) >= 11 is 0. The molecular formula is C47H28N6. The molecule has 0 bridgehead atoms. The number of aromatic nitrogens is 6. The van der Waals surface area contributed by atoms with E-state index in [1.165, 1.54) is 5.39 Å². The van der Waals surface area contributed by atoms with E-state index < -0.39 is 0 Å². The molecule has 0 amide bonds. The zero-order valence-corrected chi connectivity index (χ0v) is 28.3. The van der Waals surface area contributed by atoms with Gasteiger partial charge in [0.2, 0.25) is 5.95 Å². The van der Waals surface area contributed by atoms with Crippen LogP contribution in [0.1, 0.15) is 0 Å². The van der Waals surface area contributed by atoms with Gasteiger partial charge < -0.3 is 4.57 Å². The summed E-state index contributed by atoms with van der Waals surface area (Å²) in [5.41, 5.74) is 12.3. The minimum absolute atomic E-state index is 0.619. The van der Waals surface area contributed by atoms with Crippen LogP contribution in [0, 0.1) is 0 Å². The molecule has 0 radical (unpaired) electrons. The Kier molecular flexibility index (Phi) is 5.68. The Hall–Kier alpha value is -7.31. The van der Waals surface area contributed by atoms with Gasteiger partial charge in [-0.15, -0.1) is 0 Å². The minimum atomic E-state index is 0.619. The molecule has 0 aliphatic carbocycles. The number of rotatable bonds is 3. The predicted octanol–water partition coefficient (Wildman–Crippen LogP) is 11.4. The molecule has 53 heavy (non-hydrogen) atoms. The molecule has 5 heterocycles. The lowest BCUT2D eigenvalue weighted by atomic mass is 10.1. The van der Waals surface area contributed by atoms with Gasteiger partial charge in [-0.3, -0.25) is 8.97 Å². The van der Waals surface area contributed by atoms with Crippen molar-refractivity contribution in [3.8, 4) is 22.9 Å². The molecule has 5 aromatic heterocycles. The highest BCUT2D eigenvalue weighted by Gasteiger charge is 2.25. The minimum Gasteiger partial charge on any atom is -0.307 e. The molecule has 0 spiro atoms. The van der Waals surface area contributed by atoms with E-state index in [0.717, 1.165) is 93.7 Å². The molecule has 0 aliphatic heterocycles. The highest BCUT2D eigenvalue weighted by atomic mass is 15.2. The summed E-state index contributed by atoms with van der Waals surface area (Å²) in [5, 5.41) is 6.70. The lowest BCUT2D eigenvalue weighted by Gasteiger charge is -2.12. The standard InChI is InChI=1S/C47H28N6/c1-3-15-29(16-4-1)41-35-22-9-12-24-37(35)48-47(50-41)53-38-25-13-10-19-31(38)33-27-28-40-42(43(33)53)49-46-34-21-8-7-20-32(34)44-45(52(40)46)36-23-11-14-26-39(36)51(44)30-17-5-2-6-18-30/h1-28H. The van der Waals surface area contributed by atoms with Gasteiger partial charge in [0.1, 0.15) is 11.2 Å². The van der Waals surface area contributed by atoms with Crippen LogP contribution in [0.15, 0.2) is 170 Å². The summed E-state index contributed by atoms with van der Waals surface area (Å²) in [6, 6.07) is 59.8. The average molecular weight is 677 g/mol. The predicted molar refractivity (Wildman–Crippen MR) is 217 cm³/mol. The van der Waals surface area contributed by atoms with Gasteiger partial charge in [-0.2, -0.15) is 0 Å². The largest absolute Gasteiger partial charge is 0.307 e. The molecule has 6 heteroatoms. The number of imidazole rings is 1. The van der Waals surface area contributed by atoms with E-state index in [-0.39, 0.29) is 0 Å². The molecule has 12 aromatic rings. The monoisotopic (exact) mass is 676 g/mol. The first-order chi connectivity index (χ1) is 26.3. The second-order valence-electron chi connectivity index (χ2n) is 13.6. The van der Waals surface area contributed by atoms with Gasteiger partial charge in [0.05, 0.1) is 44.3 Å². The third kappa shape index (κ3) is 3.84. The van der Waals surface area contributed by atoms with Gasteiger partial charge in [0, 0.05) is 43.6 Å². The maximum atomic E-state index is 5.61. The first-order valence-corrected chi connectivity index (χ1v) is 17.9. The molecule has 0 unspecified atom stereocenters. The molecular weight excluding hydrogens is 649 g/mol. The Morgan fingerprint density at radius 1 is 0.358 bits per heavy atom. The summed E-state index contributed by atoms with van der Waals surface area (Å²) < 4.78 is 7.01. The summed E-state index contributed by atoms with van der Waals surface area (Å²) in [4.78, 5) is 16.2. The first-order valence-electron chi connectivity index (χ1n) is 17.9. The number of pyridine rings is 1. The van der Waals surface area contributed by atoms with E-state index in [9.17, 15) is 0 Å². The fraction of sp³-hybridized carbons (Fsp3) is 0. The summed E-state index contributed by atoms with van der Waals surface area (Å²) in [6.45, 7) is 0. The second kappa shape index (κ2) is 10.6. The zero-order chi connectivity index (χ0) is 34.6. The van der Waals surface area contributed by atoms with Crippen molar-refractivity contribution in [2.45, 2.75) is 0 Å². The molecule has 6 nitrogen and oxygen atoms in total. The van der Waals surface area contributed by atoms with Crippen molar-refractivity contribution in [3.63, 3.8) is 0 Å². The van der Waals surface area contributed by atoms with Crippen molar-refractivity contribution in [1.29, 1.82) is 0 Å². The maximum Gasteiger partial charge on any atom is 0.235 e. The Bertz CT molecular complexity index is 3450. The molecule has 0 atom stereocenters. The average Bonchev–Trinajstić information content (AvgIpc) is 3.89. The van der Waals surface area contributed by atoms with E-state index in [1.54, 1.807) is 0 Å². The SMILES string of the molecule is c1ccc(-c2nc(-n3c4ccccc4c4ccc5c(nc6c7ccccc7c7c(c8ccccc8n7-c7ccccc7)n56)c43)nc3ccccc23)cc1. The molecule has 0 N–H and O–H groups in total. The van der Waals surface area contributed by atoms with Crippen LogP contribution >= 0.6 is 0 Å². The third-order valence-electron chi connectivity index (χ3n) is 10.8. The Morgan fingerprint density at radius 2 is 0.962 bits per heavy atom. The molecule has 0 aliphatic rings. The number of hydrogen-bond donors (Lipinski definition) is 0. The van der Waals surface area contributed by atoms with Crippen molar-refractivity contribution in [2.24, 2.45) is 0 Å². The Morgan fingerprint density at radius 3 is 1.75 bits per heavy atom. The number of para-hydroxylation sites is 4. The molecule has 246 valence electrons. The van der Waals surface area contributed by atoms with Crippen molar-refractivity contribution in [2.75, 3.05) is 0 Å². The molecule has 0 saturated carbocycles. The summed E-state index contributed by atoms with van der Waals surface area (Å²) in [5.74, 6) is 0.619. The zero-order valence-electron chi connectivity index (χ0n) is 28.3. The van der Waals surface area contributed by atoms with Crippen LogP contribution in [0.4, 0.5) is 0 Å². The molecule has 0 fully saturated rings. The number of nitrogens with zero attached hydrogens (tertiary/aromatic N) is 6. The van der Waals surface area contributed by atoms with Crippen LogP contribution in [-0.4, -0.2) is 28.5 Å². The summed E-state index contributed by atoms with van der Waals surface area (Å²) in [6.07, 6.45) is 0. The van der Waals surface area contributed by atoms with Crippen LogP contribution in [0.2, 0.25) is 0 Å². The normalized spacial score (nSPS) is 12.2. The van der Waals surface area contributed by atoms with Gasteiger partial charge in [0.25, 0.3) is 0 Å². The fourth-order valence-electron chi connectivity index (χ4n) is 8.61. The lowest BCUT2D eigenvalue weighted by Crippen LogP contribution is -2.03. The van der Waals surface area contributed by atoms with Gasteiger partial charge >= 0.3 is 0 Å². The van der Waals surface area contributed by atoms with Crippen LogP contribution in [0.25, 0.3) is 105 Å². The van der Waals surface area contributed by atoms with Crippen LogP contribution in [0.5, 0.6) is 0 Å². The van der Waals surface area contributed by atoms with Crippen LogP contribution in [-0.2, 0) is 0 Å². The maximum absolute atomic E-state index is 5.61. The van der Waals surface area contributed by atoms with E-state index in [2.05, 4.69) is 171 Å². The highest BCUT2D eigenvalue weighted by Crippen LogP contribution is 2.42. The molecule has 0 saturated heterocycles. The van der Waals surface area contributed by atoms with Gasteiger partial charge in [0.15, 0.2) is 0 Å². The third-order valence-corrected chi connectivity index (χ3v) is 10.8. The quantitative estimate of drug-likeness (QED) is 0.187. The number of fused-ring (bicyclic) bond motifs is 15. The second-order valence-corrected chi connectivity index (χ2v) is 13.6. The highest BCUT2D eigenvalue weighted by molar-refractivity contribution is 6.24. The van der Waals surface area contributed by atoms with Gasteiger partial charge in [-0.25, -0.2) is 15.0 Å².